The molecule has 0 aliphatic heterocycles. The van der Waals surface area contributed by atoms with Crippen LogP contribution in [0, 0.1) is 0 Å². The Bertz CT molecular complexity index is 2580. The summed E-state index contributed by atoms with van der Waals surface area (Å²) in [6.07, 6.45) is 0. The molecule has 0 fully saturated rings. The molecule has 388 valence electrons. The van der Waals surface area contributed by atoms with Crippen LogP contribution in [0.3, 0.4) is 0 Å². The maximum absolute atomic E-state index is 2.24. The Morgan fingerprint density at radius 2 is 0.179 bits per heavy atom. The van der Waals surface area contributed by atoms with Gasteiger partial charge in [0.25, 0.3) is 0 Å². The molecule has 0 atom stereocenters. The van der Waals surface area contributed by atoms with E-state index in [2.05, 4.69) is 364 Å². The number of hydrogen-bond acceptors (Lipinski definition) is 0. The first-order chi connectivity index (χ1) is 37.8. The topological polar surface area (TPSA) is 0 Å². The molecular formula is C72H64AuIrP4+4. The molecule has 0 N–H and O–H groups in total. The summed E-state index contributed by atoms with van der Waals surface area (Å²) >= 11 is 0. The molecule has 12 aromatic carbocycles. The molecule has 0 amide bonds. The Morgan fingerprint density at radius 1 is 0.115 bits per heavy atom. The zero-order valence-corrected chi connectivity index (χ0v) is 51.8. The van der Waals surface area contributed by atoms with Gasteiger partial charge < -0.3 is 0 Å². The second-order valence-corrected chi connectivity index (χ2v) is 27.8. The average Bonchev–Trinajstić information content (AvgIpc) is 3.51. The van der Waals surface area contributed by atoms with Gasteiger partial charge in [-0.1, -0.05) is 218 Å². The molecule has 6 heteroatoms. The van der Waals surface area contributed by atoms with E-state index in [0.717, 1.165) is 0 Å². The third-order valence-corrected chi connectivity index (χ3v) is 23.7. The van der Waals surface area contributed by atoms with Gasteiger partial charge in [0.2, 0.25) is 0 Å². The van der Waals surface area contributed by atoms with Crippen molar-refractivity contribution in [3.8, 4) is 0 Å². The van der Waals surface area contributed by atoms with Crippen LogP contribution in [0.1, 0.15) is 0 Å². The summed E-state index contributed by atoms with van der Waals surface area (Å²) in [7, 11) is -3.51. The first-order valence-electron chi connectivity index (χ1n) is 25.9. The summed E-state index contributed by atoms with van der Waals surface area (Å²) in [6.45, 7) is 0. The molecule has 0 nitrogen and oxygen atoms in total. The Morgan fingerprint density at radius 3 is 0.244 bits per heavy atom. The molecule has 0 spiro atoms. The normalized spacial score (nSPS) is 10.3. The van der Waals surface area contributed by atoms with Gasteiger partial charge in [0.15, 0.2) is 0 Å². The van der Waals surface area contributed by atoms with Crippen molar-refractivity contribution < 1.29 is 42.5 Å². The monoisotopic (exact) mass is 1440 g/mol. The molecule has 0 aliphatic rings. The van der Waals surface area contributed by atoms with Crippen LogP contribution in [0.2, 0.25) is 0 Å². The molecule has 12 rings (SSSR count). The Kier molecular flexibility index (Phi) is 25.3. The van der Waals surface area contributed by atoms with E-state index in [1.807, 2.05) is 0 Å². The van der Waals surface area contributed by atoms with E-state index < -0.39 is 31.7 Å². The van der Waals surface area contributed by atoms with Crippen LogP contribution in [0.4, 0.5) is 0 Å². The van der Waals surface area contributed by atoms with Crippen LogP contribution < -0.4 is 63.7 Å². The van der Waals surface area contributed by atoms with E-state index in [4.69, 9.17) is 0 Å². The van der Waals surface area contributed by atoms with Crippen LogP contribution in [0.25, 0.3) is 0 Å². The number of hydrogen-bond donors (Lipinski definition) is 0. The van der Waals surface area contributed by atoms with Gasteiger partial charge in [0.05, 0.1) is 31.7 Å². The van der Waals surface area contributed by atoms with Crippen molar-refractivity contribution in [2.75, 3.05) is 0 Å². The molecule has 78 heavy (non-hydrogen) atoms. The molecule has 0 aromatic heterocycles. The minimum Gasteiger partial charge on any atom is -0.0620 e. The summed E-state index contributed by atoms with van der Waals surface area (Å²) < 4.78 is 0. The van der Waals surface area contributed by atoms with E-state index in [9.17, 15) is 0 Å². The van der Waals surface area contributed by atoms with Gasteiger partial charge in [-0.3, -0.25) is 0 Å². The third-order valence-electron chi connectivity index (χ3n) is 12.7. The van der Waals surface area contributed by atoms with E-state index in [1.165, 1.54) is 63.7 Å². The quantitative estimate of drug-likeness (QED) is 0.0845. The molecule has 0 aliphatic carbocycles. The van der Waals surface area contributed by atoms with Gasteiger partial charge >= 0.3 is 0 Å². The van der Waals surface area contributed by atoms with Gasteiger partial charge in [0.1, 0.15) is 63.7 Å². The number of rotatable bonds is 12. The fourth-order valence-electron chi connectivity index (χ4n) is 9.26. The summed E-state index contributed by atoms with van der Waals surface area (Å²) in [6, 6.07) is 130. The molecule has 0 saturated heterocycles. The molecule has 12 aromatic rings. The SMILES string of the molecule is [Au].[Ir].c1ccc([PH+](c2ccccc2)c2ccccc2)cc1.c1ccc([PH+](c2ccccc2)c2ccccc2)cc1.c1ccc([PH+](c2ccccc2)c2ccccc2)cc1.c1ccc([PH+](c2ccccc2)c2ccccc2)cc1. The third kappa shape index (κ3) is 17.4. The smallest absolute Gasteiger partial charge is 0.0620 e. The van der Waals surface area contributed by atoms with E-state index in [1.54, 1.807) is 0 Å². The molecule has 0 bridgehead atoms. The van der Waals surface area contributed by atoms with Crippen molar-refractivity contribution in [2.24, 2.45) is 0 Å². The summed E-state index contributed by atoms with van der Waals surface area (Å²) in [5.41, 5.74) is 0. The van der Waals surface area contributed by atoms with Crippen LogP contribution in [-0.2, 0) is 42.5 Å². The molecule has 0 unspecified atom stereocenters. The molecular weight excluding hydrogens is 1380 g/mol. The van der Waals surface area contributed by atoms with Crippen molar-refractivity contribution in [2.45, 2.75) is 0 Å². The first kappa shape index (κ1) is 59.4. The van der Waals surface area contributed by atoms with Crippen molar-refractivity contribution in [3.05, 3.63) is 364 Å². The van der Waals surface area contributed by atoms with Gasteiger partial charge in [-0.25, -0.2) is 0 Å². The van der Waals surface area contributed by atoms with Crippen molar-refractivity contribution in [1.29, 1.82) is 0 Å². The fraction of sp³-hybridized carbons (Fsp3) is 0. The average molecular weight is 1440 g/mol. The minimum absolute atomic E-state index is 0. The predicted octanol–water partition coefficient (Wildman–Crippen LogP) is 12.7. The van der Waals surface area contributed by atoms with Gasteiger partial charge in [-0.05, 0) is 146 Å². The maximum Gasteiger partial charge on any atom is 0.102 e. The summed E-state index contributed by atoms with van der Waals surface area (Å²) in [4.78, 5) is 0. The van der Waals surface area contributed by atoms with Crippen molar-refractivity contribution in [1.82, 2.24) is 0 Å². The Labute approximate surface area is 497 Å². The Balaban J connectivity index is 0.000000149. The minimum atomic E-state index is -0.877. The van der Waals surface area contributed by atoms with Crippen molar-refractivity contribution in [3.63, 3.8) is 0 Å². The van der Waals surface area contributed by atoms with E-state index in [0.29, 0.717) is 0 Å². The van der Waals surface area contributed by atoms with Crippen LogP contribution >= 0.6 is 31.7 Å². The zero-order chi connectivity index (χ0) is 51.7. The Hall–Kier alpha value is -6.25. The van der Waals surface area contributed by atoms with Gasteiger partial charge in [-0.2, -0.15) is 0 Å². The van der Waals surface area contributed by atoms with E-state index in [-0.39, 0.29) is 42.5 Å². The van der Waals surface area contributed by atoms with Gasteiger partial charge in [-0.15, -0.1) is 0 Å². The predicted molar refractivity (Wildman–Crippen MR) is 346 cm³/mol. The largest absolute Gasteiger partial charge is 0.102 e. The van der Waals surface area contributed by atoms with Gasteiger partial charge in [0, 0.05) is 42.5 Å². The first-order valence-corrected chi connectivity index (χ1v) is 31.9. The zero-order valence-electron chi connectivity index (χ0n) is 43.3. The van der Waals surface area contributed by atoms with E-state index >= 15 is 0 Å². The van der Waals surface area contributed by atoms with Crippen molar-refractivity contribution >= 4 is 95.3 Å². The molecule has 0 saturated carbocycles. The van der Waals surface area contributed by atoms with Crippen LogP contribution in [0.5, 0.6) is 0 Å². The maximum atomic E-state index is 2.24. The van der Waals surface area contributed by atoms with Crippen LogP contribution in [0.15, 0.2) is 364 Å². The number of benzene rings is 12. The standard InChI is InChI=1S/4C18H15P.Au.Ir/c4*1-4-10-16(11-5-1)19(17-12-6-2-7-13-17)18-14-8-3-9-15-18;;/h4*1-15H;;/p+4. The molecule has 0 heterocycles. The molecule has 2 radical (unpaired) electrons. The second-order valence-electron chi connectivity index (χ2n) is 17.9. The second kappa shape index (κ2) is 33.2. The summed E-state index contributed by atoms with van der Waals surface area (Å²) in [5.74, 6) is 0. The van der Waals surface area contributed by atoms with Crippen LogP contribution in [-0.4, -0.2) is 0 Å². The summed E-state index contributed by atoms with van der Waals surface area (Å²) in [5, 5.41) is 17.2. The fourth-order valence-corrected chi connectivity index (χ4v) is 19.6.